The Bertz CT molecular complexity index is 1210. The number of hydrogen-bond acceptors (Lipinski definition) is 7. The van der Waals surface area contributed by atoms with Gasteiger partial charge in [0.2, 0.25) is 0 Å². The maximum Gasteiger partial charge on any atom is 0.161 e. The van der Waals surface area contributed by atoms with Gasteiger partial charge in [-0.25, -0.2) is 15.0 Å². The number of methoxy groups -OCH3 is 1. The number of piperidine rings is 1. The van der Waals surface area contributed by atoms with Gasteiger partial charge in [-0.05, 0) is 50.5 Å². The fourth-order valence-electron chi connectivity index (χ4n) is 4.09. The molecule has 3 N–H and O–H groups in total. The number of imidazole rings is 1. The highest BCUT2D eigenvalue weighted by Crippen LogP contribution is 2.32. The molecule has 0 unspecified atom stereocenters. The second-order valence-electron chi connectivity index (χ2n) is 7.97. The molecule has 0 spiro atoms. The molecule has 164 valence electrons. The minimum Gasteiger partial charge on any atom is -0.495 e. The minimum absolute atomic E-state index is 0.678. The summed E-state index contributed by atoms with van der Waals surface area (Å²) in [5, 5.41) is 6.77. The van der Waals surface area contributed by atoms with Crippen LogP contribution >= 0.6 is 0 Å². The molecule has 0 radical (unpaired) electrons. The first-order chi connectivity index (χ1) is 15.7. The topological polar surface area (TPSA) is 91.0 Å². The highest BCUT2D eigenvalue weighted by molar-refractivity contribution is 5.91. The Morgan fingerprint density at radius 3 is 2.56 bits per heavy atom. The third kappa shape index (κ3) is 4.16. The largest absolute Gasteiger partial charge is 0.495 e. The summed E-state index contributed by atoms with van der Waals surface area (Å²) in [5.41, 5.74) is 4.33. The number of nitrogens with one attached hydrogen (secondary N) is 3. The molecule has 0 amide bonds. The average Bonchev–Trinajstić information content (AvgIpc) is 3.21. The molecule has 4 heterocycles. The predicted octanol–water partition coefficient (Wildman–Crippen LogP) is 5.15. The van der Waals surface area contributed by atoms with Gasteiger partial charge in [0.15, 0.2) is 5.65 Å². The van der Waals surface area contributed by atoms with Gasteiger partial charge in [-0.2, -0.15) is 0 Å². The molecule has 0 aliphatic carbocycles. The van der Waals surface area contributed by atoms with Crippen LogP contribution in [0, 0.1) is 6.92 Å². The number of benzene rings is 1. The zero-order chi connectivity index (χ0) is 21.9. The summed E-state index contributed by atoms with van der Waals surface area (Å²) in [6, 6.07) is 13.9. The van der Waals surface area contributed by atoms with Crippen LogP contribution in [-0.4, -0.2) is 40.1 Å². The Hall–Kier alpha value is -3.81. The lowest BCUT2D eigenvalue weighted by atomic mass is 10.1. The van der Waals surface area contributed by atoms with Crippen LogP contribution in [0.4, 0.5) is 28.7 Å². The number of ether oxygens (including phenoxy) is 1. The SMILES string of the molecule is COc1ccccc1Nc1cc(Nc2ccc(N3CCCCC3)cn2)nc2[nH]c(C)nc12. The number of nitrogens with zero attached hydrogens (tertiary/aromatic N) is 4. The lowest BCUT2D eigenvalue weighted by molar-refractivity contribution is 0.417. The predicted molar refractivity (Wildman–Crippen MR) is 128 cm³/mol. The van der Waals surface area contributed by atoms with Crippen molar-refractivity contribution >= 4 is 39.9 Å². The highest BCUT2D eigenvalue weighted by atomic mass is 16.5. The van der Waals surface area contributed by atoms with Crippen molar-refractivity contribution in [1.82, 2.24) is 19.9 Å². The second-order valence-corrected chi connectivity index (χ2v) is 7.97. The van der Waals surface area contributed by atoms with Crippen molar-refractivity contribution in [2.24, 2.45) is 0 Å². The molecule has 4 aromatic rings. The summed E-state index contributed by atoms with van der Waals surface area (Å²) < 4.78 is 5.49. The van der Waals surface area contributed by atoms with Crippen molar-refractivity contribution in [3.63, 3.8) is 0 Å². The van der Waals surface area contributed by atoms with Crippen LogP contribution in [0.5, 0.6) is 5.75 Å². The molecule has 8 nitrogen and oxygen atoms in total. The fourth-order valence-corrected chi connectivity index (χ4v) is 4.09. The van der Waals surface area contributed by atoms with Gasteiger partial charge in [0, 0.05) is 19.2 Å². The molecule has 1 saturated heterocycles. The van der Waals surface area contributed by atoms with E-state index in [4.69, 9.17) is 9.72 Å². The molecule has 3 aromatic heterocycles. The van der Waals surface area contributed by atoms with Gasteiger partial charge in [0.1, 0.15) is 28.7 Å². The van der Waals surface area contributed by atoms with Gasteiger partial charge in [-0.1, -0.05) is 12.1 Å². The van der Waals surface area contributed by atoms with Crippen LogP contribution < -0.4 is 20.3 Å². The molecule has 8 heteroatoms. The number of aryl methyl sites for hydroxylation is 1. The van der Waals surface area contributed by atoms with Gasteiger partial charge in [-0.3, -0.25) is 0 Å². The van der Waals surface area contributed by atoms with E-state index in [1.807, 2.05) is 49.5 Å². The lowest BCUT2D eigenvalue weighted by Gasteiger charge is -2.28. The van der Waals surface area contributed by atoms with Gasteiger partial charge in [0.25, 0.3) is 0 Å². The minimum atomic E-state index is 0.678. The second kappa shape index (κ2) is 8.74. The van der Waals surface area contributed by atoms with Crippen molar-refractivity contribution in [1.29, 1.82) is 0 Å². The smallest absolute Gasteiger partial charge is 0.161 e. The Kier molecular flexibility index (Phi) is 5.49. The van der Waals surface area contributed by atoms with Gasteiger partial charge in [-0.15, -0.1) is 0 Å². The molecule has 0 bridgehead atoms. The van der Waals surface area contributed by atoms with E-state index in [0.29, 0.717) is 11.5 Å². The summed E-state index contributed by atoms with van der Waals surface area (Å²) in [7, 11) is 1.66. The van der Waals surface area contributed by atoms with Crippen LogP contribution in [0.1, 0.15) is 25.1 Å². The maximum atomic E-state index is 5.49. The average molecular weight is 430 g/mol. The number of aromatic nitrogens is 4. The van der Waals surface area contributed by atoms with Crippen molar-refractivity contribution in [2.75, 3.05) is 35.7 Å². The Labute approximate surface area is 187 Å². The molecule has 0 saturated carbocycles. The van der Waals surface area contributed by atoms with E-state index in [0.717, 1.165) is 47.4 Å². The van der Waals surface area contributed by atoms with E-state index in [9.17, 15) is 0 Å². The molecule has 0 atom stereocenters. The van der Waals surface area contributed by atoms with Crippen LogP contribution in [0.3, 0.4) is 0 Å². The summed E-state index contributed by atoms with van der Waals surface area (Å²) >= 11 is 0. The van der Waals surface area contributed by atoms with E-state index >= 15 is 0 Å². The van der Waals surface area contributed by atoms with Crippen LogP contribution in [0.15, 0.2) is 48.7 Å². The third-order valence-electron chi connectivity index (χ3n) is 5.67. The van der Waals surface area contributed by atoms with Crippen LogP contribution in [-0.2, 0) is 0 Å². The zero-order valence-corrected chi connectivity index (χ0v) is 18.4. The molecular weight excluding hydrogens is 402 g/mol. The van der Waals surface area contributed by atoms with Gasteiger partial charge >= 0.3 is 0 Å². The monoisotopic (exact) mass is 429 g/mol. The number of fused-ring (bicyclic) bond motifs is 1. The number of anilines is 5. The Balaban J connectivity index is 1.43. The fraction of sp³-hybridized carbons (Fsp3) is 0.292. The lowest BCUT2D eigenvalue weighted by Crippen LogP contribution is -2.29. The van der Waals surface area contributed by atoms with E-state index in [2.05, 4.69) is 36.6 Å². The van der Waals surface area contributed by atoms with E-state index in [1.165, 1.54) is 24.9 Å². The zero-order valence-electron chi connectivity index (χ0n) is 18.4. The van der Waals surface area contributed by atoms with E-state index in [1.54, 1.807) is 7.11 Å². The van der Waals surface area contributed by atoms with Crippen molar-refractivity contribution in [3.05, 3.63) is 54.5 Å². The molecule has 5 rings (SSSR count). The van der Waals surface area contributed by atoms with Crippen molar-refractivity contribution < 1.29 is 4.74 Å². The third-order valence-corrected chi connectivity index (χ3v) is 5.67. The number of pyridine rings is 2. The highest BCUT2D eigenvalue weighted by Gasteiger charge is 2.14. The maximum absolute atomic E-state index is 5.49. The quantitative estimate of drug-likeness (QED) is 0.390. The summed E-state index contributed by atoms with van der Waals surface area (Å²) in [6.45, 7) is 4.12. The standard InChI is InChI=1S/C24H27N7O/c1-16-26-23-19(28-18-8-4-5-9-20(18)32-2)14-22(30-24(23)27-16)29-21-11-10-17(15-25-21)31-12-6-3-7-13-31/h4-5,8-11,14-15H,3,6-7,12-13H2,1-2H3,(H3,25,26,27,28,29,30). The van der Waals surface area contributed by atoms with E-state index < -0.39 is 0 Å². The first kappa shape index (κ1) is 20.1. The van der Waals surface area contributed by atoms with Crippen molar-refractivity contribution in [2.45, 2.75) is 26.2 Å². The van der Waals surface area contributed by atoms with Gasteiger partial charge < -0.3 is 25.3 Å². The summed E-state index contributed by atoms with van der Waals surface area (Å²) in [6.07, 6.45) is 5.74. The number of hydrogen-bond donors (Lipinski definition) is 3. The Morgan fingerprint density at radius 1 is 0.938 bits per heavy atom. The van der Waals surface area contributed by atoms with Crippen molar-refractivity contribution in [3.8, 4) is 5.75 Å². The molecule has 1 aromatic carbocycles. The Morgan fingerprint density at radius 2 is 1.78 bits per heavy atom. The molecule has 1 aliphatic rings. The van der Waals surface area contributed by atoms with Crippen LogP contribution in [0.25, 0.3) is 11.2 Å². The number of aromatic amines is 1. The molecule has 1 aliphatic heterocycles. The van der Waals surface area contributed by atoms with Gasteiger partial charge in [0.05, 0.1) is 30.4 Å². The normalized spacial score (nSPS) is 13.9. The number of para-hydroxylation sites is 2. The number of H-pyrrole nitrogens is 1. The first-order valence-corrected chi connectivity index (χ1v) is 10.9. The first-order valence-electron chi connectivity index (χ1n) is 10.9. The summed E-state index contributed by atoms with van der Waals surface area (Å²) in [5.74, 6) is 2.99. The molecule has 32 heavy (non-hydrogen) atoms. The number of rotatable bonds is 6. The van der Waals surface area contributed by atoms with Crippen LogP contribution in [0.2, 0.25) is 0 Å². The molecular formula is C24H27N7O. The summed E-state index contributed by atoms with van der Waals surface area (Å²) in [4.78, 5) is 19.5. The molecule has 1 fully saturated rings. The van der Waals surface area contributed by atoms with E-state index in [-0.39, 0.29) is 0 Å².